The monoisotopic (exact) mass is 416 g/mol. The maximum Gasteiger partial charge on any atom is 0.282 e. The second-order valence-electron chi connectivity index (χ2n) is 7.86. The van der Waals surface area contributed by atoms with Gasteiger partial charge in [0.2, 0.25) is 0 Å². The van der Waals surface area contributed by atoms with Gasteiger partial charge in [0.1, 0.15) is 0 Å². The van der Waals surface area contributed by atoms with Crippen molar-refractivity contribution < 1.29 is 8.42 Å². The summed E-state index contributed by atoms with van der Waals surface area (Å²) in [6.07, 6.45) is 1.90. The minimum atomic E-state index is -3.85. The highest BCUT2D eigenvalue weighted by atomic mass is 32.2. The van der Waals surface area contributed by atoms with Crippen molar-refractivity contribution in [3.63, 3.8) is 0 Å². The van der Waals surface area contributed by atoms with Crippen LogP contribution in [0.4, 0.5) is 5.69 Å². The molecule has 0 saturated heterocycles. The lowest BCUT2D eigenvalue weighted by molar-refractivity contribution is 0.598. The van der Waals surface area contributed by atoms with Gasteiger partial charge in [-0.15, -0.1) is 0 Å². The lowest BCUT2D eigenvalue weighted by Gasteiger charge is -2.24. The maximum atomic E-state index is 13.0. The molecular weight excluding hydrogens is 392 g/mol. The van der Waals surface area contributed by atoms with Gasteiger partial charge in [0.05, 0.1) is 10.6 Å². The number of para-hydroxylation sites is 1. The van der Waals surface area contributed by atoms with Gasteiger partial charge in [0, 0.05) is 29.4 Å². The van der Waals surface area contributed by atoms with Crippen molar-refractivity contribution in [3.8, 4) is 0 Å². The first kappa shape index (κ1) is 20.1. The number of likely N-dealkylation sites (N-methyl/N-ethyl adjacent to an activating group) is 1. The molecule has 152 valence electrons. The molecule has 0 aliphatic carbocycles. The topological polar surface area (TPSA) is 49.7 Å². The minimum absolute atomic E-state index is 0.180. The summed E-state index contributed by atoms with van der Waals surface area (Å²) in [4.78, 5) is 2.29. The summed E-state index contributed by atoms with van der Waals surface area (Å²) in [5.74, 6) is 0. The number of sulfonamides is 1. The van der Waals surface area contributed by atoms with Crippen LogP contribution in [0.25, 0.3) is 0 Å². The highest BCUT2D eigenvalue weighted by molar-refractivity contribution is 7.90. The lowest BCUT2D eigenvalue weighted by atomic mass is 9.83. The molecule has 3 aromatic carbocycles. The molecule has 0 fully saturated rings. The third kappa shape index (κ3) is 3.57. The molecular formula is C25H24N2O2S. The van der Waals surface area contributed by atoms with Gasteiger partial charge >= 0.3 is 0 Å². The molecule has 1 aliphatic rings. The average Bonchev–Trinajstić information content (AvgIpc) is 2.95. The van der Waals surface area contributed by atoms with E-state index < -0.39 is 10.0 Å². The van der Waals surface area contributed by atoms with Crippen molar-refractivity contribution in [1.82, 2.24) is 0 Å². The zero-order valence-corrected chi connectivity index (χ0v) is 18.1. The summed E-state index contributed by atoms with van der Waals surface area (Å²) in [6, 6.07) is 26.0. The lowest BCUT2D eigenvalue weighted by Crippen LogP contribution is -2.24. The predicted molar refractivity (Wildman–Crippen MR) is 123 cm³/mol. The summed E-state index contributed by atoms with van der Waals surface area (Å²) in [7, 11) is -1.84. The Bertz CT molecular complexity index is 1230. The molecule has 4 nitrogen and oxygen atoms in total. The maximum absolute atomic E-state index is 13.0. The Balaban J connectivity index is 1.89. The molecule has 1 aliphatic heterocycles. The predicted octanol–water partition coefficient (Wildman–Crippen LogP) is 5.18. The molecule has 3 aromatic rings. The standard InChI is InChI=1S/C25H24N2O2S/c1-25(2)21-16-10-11-17-23(21)27(3)24(25)18-22(19-12-6-4-7-13-19)26-30(28,29)20-14-8-5-9-15-20/h4-18H,1-3H3/b24-18+,26-22?. The van der Waals surface area contributed by atoms with Crippen LogP contribution in [0.3, 0.4) is 0 Å². The molecule has 0 bridgehead atoms. The van der Waals surface area contributed by atoms with Crippen LogP contribution in [0.1, 0.15) is 25.0 Å². The van der Waals surface area contributed by atoms with Crippen LogP contribution in [0.5, 0.6) is 0 Å². The molecule has 0 spiro atoms. The largest absolute Gasteiger partial charge is 0.347 e. The Kier molecular flexibility index (Phi) is 5.08. The fourth-order valence-electron chi connectivity index (χ4n) is 3.93. The van der Waals surface area contributed by atoms with Gasteiger partial charge in [0.15, 0.2) is 0 Å². The molecule has 0 saturated carbocycles. The fraction of sp³-hybridized carbons (Fsp3) is 0.160. The summed E-state index contributed by atoms with van der Waals surface area (Å²) < 4.78 is 30.3. The number of hydrogen-bond donors (Lipinski definition) is 0. The minimum Gasteiger partial charge on any atom is -0.347 e. The normalized spacial score (nSPS) is 17.2. The summed E-state index contributed by atoms with van der Waals surface area (Å²) in [6.45, 7) is 4.30. The van der Waals surface area contributed by atoms with Crippen molar-refractivity contribution in [2.75, 3.05) is 11.9 Å². The van der Waals surface area contributed by atoms with Crippen molar-refractivity contribution in [3.05, 3.63) is 108 Å². The van der Waals surface area contributed by atoms with Gasteiger partial charge in [-0.05, 0) is 29.8 Å². The fourth-order valence-corrected chi connectivity index (χ4v) is 4.96. The number of anilines is 1. The van der Waals surface area contributed by atoms with Crippen LogP contribution in [0, 0.1) is 0 Å². The van der Waals surface area contributed by atoms with Crippen LogP contribution >= 0.6 is 0 Å². The van der Waals surface area contributed by atoms with E-state index >= 15 is 0 Å². The molecule has 4 rings (SSSR count). The zero-order chi connectivity index (χ0) is 21.4. The van der Waals surface area contributed by atoms with Crippen LogP contribution in [0.15, 0.2) is 106 Å². The van der Waals surface area contributed by atoms with E-state index in [4.69, 9.17) is 0 Å². The number of allylic oxidation sites excluding steroid dienone is 2. The molecule has 30 heavy (non-hydrogen) atoms. The highest BCUT2D eigenvalue weighted by Crippen LogP contribution is 2.46. The number of hydrogen-bond acceptors (Lipinski definition) is 3. The van der Waals surface area contributed by atoms with Crippen molar-refractivity contribution >= 4 is 21.4 Å². The first-order valence-corrected chi connectivity index (χ1v) is 11.3. The highest BCUT2D eigenvalue weighted by Gasteiger charge is 2.38. The summed E-state index contributed by atoms with van der Waals surface area (Å²) >= 11 is 0. The molecule has 0 N–H and O–H groups in total. The molecule has 1 heterocycles. The average molecular weight is 417 g/mol. The second kappa shape index (κ2) is 7.58. The molecule has 0 atom stereocenters. The second-order valence-corrected chi connectivity index (χ2v) is 9.47. The quantitative estimate of drug-likeness (QED) is 0.551. The van der Waals surface area contributed by atoms with E-state index in [2.05, 4.69) is 35.3 Å². The first-order chi connectivity index (χ1) is 14.3. The van der Waals surface area contributed by atoms with E-state index in [1.807, 2.05) is 55.6 Å². The molecule has 0 amide bonds. The molecule has 0 aromatic heterocycles. The van der Waals surface area contributed by atoms with Crippen LogP contribution < -0.4 is 4.90 Å². The van der Waals surface area contributed by atoms with Crippen LogP contribution in [0.2, 0.25) is 0 Å². The Hall–Kier alpha value is -3.18. The Morgan fingerprint density at radius 3 is 2.07 bits per heavy atom. The Morgan fingerprint density at radius 2 is 1.43 bits per heavy atom. The van der Waals surface area contributed by atoms with Gasteiger partial charge in [-0.3, -0.25) is 0 Å². The van der Waals surface area contributed by atoms with E-state index in [9.17, 15) is 8.42 Å². The third-order valence-electron chi connectivity index (χ3n) is 5.54. The van der Waals surface area contributed by atoms with Gasteiger partial charge in [-0.1, -0.05) is 80.6 Å². The van der Waals surface area contributed by atoms with Gasteiger partial charge in [0.25, 0.3) is 10.0 Å². The number of benzene rings is 3. The van der Waals surface area contributed by atoms with Crippen molar-refractivity contribution in [1.29, 1.82) is 0 Å². The van der Waals surface area contributed by atoms with Crippen LogP contribution in [-0.4, -0.2) is 21.2 Å². The SMILES string of the molecule is CN1/C(=C/C(=NS(=O)(=O)c2ccccc2)c2ccccc2)C(C)(C)c2ccccc21. The van der Waals surface area contributed by atoms with E-state index in [0.29, 0.717) is 5.71 Å². The molecule has 0 unspecified atom stereocenters. The Morgan fingerprint density at radius 1 is 0.867 bits per heavy atom. The number of fused-ring (bicyclic) bond motifs is 1. The first-order valence-electron chi connectivity index (χ1n) is 9.81. The van der Waals surface area contributed by atoms with Crippen LogP contribution in [-0.2, 0) is 15.4 Å². The molecule has 5 heteroatoms. The summed E-state index contributed by atoms with van der Waals surface area (Å²) in [5, 5.41) is 0. The summed E-state index contributed by atoms with van der Waals surface area (Å²) in [5.41, 5.74) is 4.21. The van der Waals surface area contributed by atoms with Gasteiger partial charge in [-0.25, -0.2) is 0 Å². The molecule has 0 radical (unpaired) electrons. The number of rotatable bonds is 4. The van der Waals surface area contributed by atoms with Crippen molar-refractivity contribution in [2.45, 2.75) is 24.2 Å². The van der Waals surface area contributed by atoms with Crippen molar-refractivity contribution in [2.24, 2.45) is 4.40 Å². The van der Waals surface area contributed by atoms with Gasteiger partial charge in [-0.2, -0.15) is 12.8 Å². The van der Waals surface area contributed by atoms with Gasteiger partial charge < -0.3 is 4.90 Å². The number of nitrogens with zero attached hydrogens (tertiary/aromatic N) is 2. The van der Waals surface area contributed by atoms with E-state index in [1.165, 1.54) is 5.56 Å². The smallest absolute Gasteiger partial charge is 0.282 e. The van der Waals surface area contributed by atoms with E-state index in [0.717, 1.165) is 16.9 Å². The van der Waals surface area contributed by atoms with E-state index in [-0.39, 0.29) is 10.3 Å². The zero-order valence-electron chi connectivity index (χ0n) is 17.3. The third-order valence-corrected chi connectivity index (χ3v) is 6.85. The van der Waals surface area contributed by atoms with E-state index in [1.54, 1.807) is 30.3 Å². The Labute approximate surface area is 178 Å².